The molecule has 0 saturated heterocycles. The lowest BCUT2D eigenvalue weighted by Crippen LogP contribution is -2.30. The molecule has 0 amide bonds. The Morgan fingerprint density at radius 2 is 1.20 bits per heavy atom. The molecular formula is C19H25N. The largest absolute Gasteiger partial charge is 0.310 e. The van der Waals surface area contributed by atoms with E-state index in [9.17, 15) is 0 Å². The van der Waals surface area contributed by atoms with Gasteiger partial charge in [-0.3, -0.25) is 0 Å². The average Bonchev–Trinajstić information content (AvgIpc) is 2.57. The fourth-order valence-corrected chi connectivity index (χ4v) is 2.55. The molecule has 0 aliphatic heterocycles. The van der Waals surface area contributed by atoms with Crippen LogP contribution in [0.25, 0.3) is 0 Å². The van der Waals surface area contributed by atoms with Gasteiger partial charge in [0.1, 0.15) is 0 Å². The van der Waals surface area contributed by atoms with Crippen molar-refractivity contribution in [2.75, 3.05) is 0 Å². The van der Waals surface area contributed by atoms with Crippen molar-refractivity contribution in [1.82, 2.24) is 5.32 Å². The SMILES string of the molecule is c1ccc(CNC2CCCCC2)cc1.c1ccccc1. The number of nitrogens with one attached hydrogen (secondary N) is 1. The number of rotatable bonds is 3. The zero-order valence-corrected chi connectivity index (χ0v) is 12.2. The van der Waals surface area contributed by atoms with E-state index in [1.54, 1.807) is 0 Å². The van der Waals surface area contributed by atoms with E-state index < -0.39 is 0 Å². The molecule has 2 aromatic carbocycles. The molecule has 0 radical (unpaired) electrons. The molecule has 1 nitrogen and oxygen atoms in total. The molecule has 1 fully saturated rings. The standard InChI is InChI=1S/C13H19N.C6H6/c1-3-7-12(8-4-1)11-14-13-9-5-2-6-10-13;1-2-4-6-5-3-1/h1,3-4,7-8,13-14H,2,5-6,9-11H2;1-6H. The number of hydrogen-bond donors (Lipinski definition) is 1. The van der Waals surface area contributed by atoms with Gasteiger partial charge in [0, 0.05) is 12.6 Å². The minimum atomic E-state index is 0.768. The smallest absolute Gasteiger partial charge is 0.0208 e. The molecule has 0 heterocycles. The van der Waals surface area contributed by atoms with Gasteiger partial charge in [0.05, 0.1) is 0 Å². The maximum Gasteiger partial charge on any atom is 0.0208 e. The summed E-state index contributed by atoms with van der Waals surface area (Å²) >= 11 is 0. The fraction of sp³-hybridized carbons (Fsp3) is 0.368. The summed E-state index contributed by atoms with van der Waals surface area (Å²) in [6.07, 6.45) is 6.99. The predicted octanol–water partition coefficient (Wildman–Crippen LogP) is 4.80. The van der Waals surface area contributed by atoms with Crippen LogP contribution in [0.2, 0.25) is 0 Å². The lowest BCUT2D eigenvalue weighted by atomic mass is 9.95. The monoisotopic (exact) mass is 267 g/mol. The average molecular weight is 267 g/mol. The quantitative estimate of drug-likeness (QED) is 0.842. The Labute approximate surface area is 123 Å². The Morgan fingerprint density at radius 1 is 0.700 bits per heavy atom. The van der Waals surface area contributed by atoms with Gasteiger partial charge in [0.2, 0.25) is 0 Å². The zero-order chi connectivity index (χ0) is 13.9. The van der Waals surface area contributed by atoms with Gasteiger partial charge in [-0.05, 0) is 18.4 Å². The highest BCUT2D eigenvalue weighted by atomic mass is 14.9. The van der Waals surface area contributed by atoms with Crippen LogP contribution in [0.1, 0.15) is 37.7 Å². The van der Waals surface area contributed by atoms with Gasteiger partial charge in [-0.15, -0.1) is 0 Å². The molecule has 1 aliphatic rings. The number of hydrogen-bond acceptors (Lipinski definition) is 1. The molecular weight excluding hydrogens is 242 g/mol. The lowest BCUT2D eigenvalue weighted by molar-refractivity contribution is 0.372. The Kier molecular flexibility index (Phi) is 6.90. The van der Waals surface area contributed by atoms with Gasteiger partial charge in [-0.1, -0.05) is 86.0 Å². The van der Waals surface area contributed by atoms with Crippen molar-refractivity contribution in [2.45, 2.75) is 44.7 Å². The summed E-state index contributed by atoms with van der Waals surface area (Å²) in [7, 11) is 0. The summed E-state index contributed by atoms with van der Waals surface area (Å²) in [6.45, 7) is 1.03. The van der Waals surface area contributed by atoms with Gasteiger partial charge in [0.15, 0.2) is 0 Å². The third kappa shape index (κ3) is 6.03. The van der Waals surface area contributed by atoms with Gasteiger partial charge in [-0.25, -0.2) is 0 Å². The van der Waals surface area contributed by atoms with Crippen LogP contribution in [0.4, 0.5) is 0 Å². The number of benzene rings is 2. The van der Waals surface area contributed by atoms with Crippen LogP contribution >= 0.6 is 0 Å². The molecule has 1 N–H and O–H groups in total. The van der Waals surface area contributed by atoms with Crippen molar-refractivity contribution >= 4 is 0 Å². The van der Waals surface area contributed by atoms with E-state index in [-0.39, 0.29) is 0 Å². The molecule has 2 aromatic rings. The van der Waals surface area contributed by atoms with Crippen LogP contribution in [-0.4, -0.2) is 6.04 Å². The first-order chi connectivity index (χ1) is 9.95. The van der Waals surface area contributed by atoms with E-state index >= 15 is 0 Å². The minimum Gasteiger partial charge on any atom is -0.310 e. The van der Waals surface area contributed by atoms with E-state index in [4.69, 9.17) is 0 Å². The summed E-state index contributed by atoms with van der Waals surface area (Å²) in [5.41, 5.74) is 1.40. The highest BCUT2D eigenvalue weighted by Crippen LogP contribution is 2.17. The van der Waals surface area contributed by atoms with E-state index in [2.05, 4.69) is 35.6 Å². The zero-order valence-electron chi connectivity index (χ0n) is 12.2. The Bertz CT molecular complexity index is 405. The van der Waals surface area contributed by atoms with Crippen LogP contribution in [-0.2, 0) is 6.54 Å². The van der Waals surface area contributed by atoms with Crippen molar-refractivity contribution in [3.63, 3.8) is 0 Å². The highest BCUT2D eigenvalue weighted by Gasteiger charge is 2.11. The third-order valence-electron chi connectivity index (χ3n) is 3.71. The van der Waals surface area contributed by atoms with Crippen LogP contribution < -0.4 is 5.32 Å². The predicted molar refractivity (Wildman–Crippen MR) is 86.6 cm³/mol. The summed E-state index contributed by atoms with van der Waals surface area (Å²) in [5.74, 6) is 0. The first-order valence-electron chi connectivity index (χ1n) is 7.72. The van der Waals surface area contributed by atoms with Crippen molar-refractivity contribution in [1.29, 1.82) is 0 Å². The van der Waals surface area contributed by atoms with Crippen molar-refractivity contribution in [2.24, 2.45) is 0 Å². The molecule has 0 unspecified atom stereocenters. The first-order valence-corrected chi connectivity index (χ1v) is 7.72. The minimum absolute atomic E-state index is 0.768. The molecule has 1 aliphatic carbocycles. The molecule has 0 aromatic heterocycles. The van der Waals surface area contributed by atoms with Crippen LogP contribution in [0.15, 0.2) is 66.7 Å². The third-order valence-corrected chi connectivity index (χ3v) is 3.71. The first kappa shape index (κ1) is 14.8. The molecule has 106 valence electrons. The second kappa shape index (κ2) is 9.33. The molecule has 0 bridgehead atoms. The lowest BCUT2D eigenvalue weighted by Gasteiger charge is -2.22. The molecule has 1 saturated carbocycles. The molecule has 3 rings (SSSR count). The topological polar surface area (TPSA) is 12.0 Å². The molecule has 20 heavy (non-hydrogen) atoms. The molecule has 1 heteroatoms. The van der Waals surface area contributed by atoms with E-state index in [1.807, 2.05) is 36.4 Å². The van der Waals surface area contributed by atoms with Gasteiger partial charge >= 0.3 is 0 Å². The second-order valence-electron chi connectivity index (χ2n) is 5.36. The van der Waals surface area contributed by atoms with Crippen LogP contribution in [0, 0.1) is 0 Å². The Hall–Kier alpha value is -1.60. The summed E-state index contributed by atoms with van der Waals surface area (Å²) in [4.78, 5) is 0. The van der Waals surface area contributed by atoms with Gasteiger partial charge < -0.3 is 5.32 Å². The molecule has 0 atom stereocenters. The van der Waals surface area contributed by atoms with Crippen molar-refractivity contribution < 1.29 is 0 Å². The van der Waals surface area contributed by atoms with Gasteiger partial charge in [0.25, 0.3) is 0 Å². The van der Waals surface area contributed by atoms with Crippen LogP contribution in [0.3, 0.4) is 0 Å². The summed E-state index contributed by atoms with van der Waals surface area (Å²) in [5, 5.41) is 3.64. The Balaban J connectivity index is 0.000000205. The maximum atomic E-state index is 3.64. The second-order valence-corrected chi connectivity index (χ2v) is 5.36. The highest BCUT2D eigenvalue weighted by molar-refractivity contribution is 5.14. The summed E-state index contributed by atoms with van der Waals surface area (Å²) in [6, 6.07) is 23.4. The molecule has 0 spiro atoms. The van der Waals surface area contributed by atoms with Crippen molar-refractivity contribution in [3.05, 3.63) is 72.3 Å². The summed E-state index contributed by atoms with van der Waals surface area (Å²) < 4.78 is 0. The fourth-order valence-electron chi connectivity index (χ4n) is 2.55. The maximum absolute atomic E-state index is 3.64. The van der Waals surface area contributed by atoms with E-state index in [1.165, 1.54) is 37.7 Å². The van der Waals surface area contributed by atoms with Crippen LogP contribution in [0.5, 0.6) is 0 Å². The Morgan fingerprint density at radius 3 is 1.75 bits per heavy atom. The normalized spacial score (nSPS) is 15.2. The van der Waals surface area contributed by atoms with Crippen molar-refractivity contribution in [3.8, 4) is 0 Å². The van der Waals surface area contributed by atoms with Gasteiger partial charge in [-0.2, -0.15) is 0 Å². The van der Waals surface area contributed by atoms with E-state index in [0.29, 0.717) is 0 Å². The van der Waals surface area contributed by atoms with E-state index in [0.717, 1.165) is 12.6 Å².